The predicted molar refractivity (Wildman–Crippen MR) is 62.1 cm³/mol. The molecule has 3 atom stereocenters. The highest BCUT2D eigenvalue weighted by molar-refractivity contribution is 6.25. The molecule has 1 N–H and O–H groups in total. The Kier molecular flexibility index (Phi) is 1.60. The van der Waals surface area contributed by atoms with Gasteiger partial charge in [-0.3, -0.25) is 19.7 Å². The molecule has 1 aliphatic heterocycles. The summed E-state index contributed by atoms with van der Waals surface area (Å²) in [6.45, 7) is 0. The Balaban J connectivity index is 2.06. The van der Waals surface area contributed by atoms with Crippen LogP contribution in [0.5, 0.6) is 0 Å². The van der Waals surface area contributed by atoms with Crippen LogP contribution in [0, 0.1) is 17.3 Å². The summed E-state index contributed by atoms with van der Waals surface area (Å²) < 4.78 is 0. The van der Waals surface area contributed by atoms with Gasteiger partial charge in [0, 0.05) is 0 Å². The number of nitrogens with one attached hydrogen (secondary N) is 1. The molecule has 0 radical (unpaired) electrons. The number of ketones is 1. The van der Waals surface area contributed by atoms with E-state index in [1.54, 1.807) is 6.08 Å². The highest BCUT2D eigenvalue weighted by Crippen LogP contribution is 2.59. The third-order valence-electron chi connectivity index (χ3n) is 4.62. The van der Waals surface area contributed by atoms with Gasteiger partial charge < -0.3 is 0 Å². The maximum atomic E-state index is 12.3. The van der Waals surface area contributed by atoms with Crippen molar-refractivity contribution in [1.29, 1.82) is 0 Å². The van der Waals surface area contributed by atoms with Gasteiger partial charge in [0.05, 0.1) is 5.92 Å². The Morgan fingerprint density at radius 2 is 2.00 bits per heavy atom. The van der Waals surface area contributed by atoms with Crippen molar-refractivity contribution in [3.8, 4) is 0 Å². The lowest BCUT2D eigenvalue weighted by Crippen LogP contribution is -2.43. The summed E-state index contributed by atoms with van der Waals surface area (Å²) in [5.74, 6) is -1.27. The van der Waals surface area contributed by atoms with Gasteiger partial charge in [-0.05, 0) is 36.0 Å². The van der Waals surface area contributed by atoms with Crippen LogP contribution in [0.4, 0.5) is 0 Å². The Morgan fingerprint density at radius 3 is 2.83 bits per heavy atom. The Labute approximate surface area is 103 Å². The Bertz CT molecular complexity index is 611. The first kappa shape index (κ1) is 10.00. The first-order chi connectivity index (χ1) is 8.65. The fourth-order valence-electron chi connectivity index (χ4n) is 3.96. The standard InChI is InChI=1S/C14H11NO3/c16-10-5-4-7-2-1-3-8-6-9-12(17)15-13(18)14(9,10)11(7)8/h1-2,4-5,8-9H,3,6H2,(H,15,17,18). The molecule has 0 bridgehead atoms. The number of allylic oxidation sites excluding steroid dienone is 5. The van der Waals surface area contributed by atoms with Gasteiger partial charge >= 0.3 is 0 Å². The average Bonchev–Trinajstić information content (AvgIpc) is 2.82. The summed E-state index contributed by atoms with van der Waals surface area (Å²) in [6.07, 6.45) is 8.65. The highest BCUT2D eigenvalue weighted by Gasteiger charge is 2.67. The molecule has 90 valence electrons. The van der Waals surface area contributed by atoms with Crippen molar-refractivity contribution in [2.75, 3.05) is 0 Å². The number of imide groups is 1. The van der Waals surface area contributed by atoms with E-state index in [1.165, 1.54) is 6.08 Å². The molecule has 0 aromatic carbocycles. The second-order valence-corrected chi connectivity index (χ2v) is 5.32. The zero-order valence-corrected chi connectivity index (χ0v) is 9.60. The van der Waals surface area contributed by atoms with Gasteiger partial charge in [-0.1, -0.05) is 18.2 Å². The normalized spacial score (nSPS) is 40.1. The fourth-order valence-corrected chi connectivity index (χ4v) is 3.96. The van der Waals surface area contributed by atoms with Crippen molar-refractivity contribution < 1.29 is 14.4 Å². The predicted octanol–water partition coefficient (Wildman–Crippen LogP) is 0.661. The number of hydrogen-bond acceptors (Lipinski definition) is 3. The lowest BCUT2D eigenvalue weighted by molar-refractivity contribution is -0.135. The molecule has 1 saturated heterocycles. The van der Waals surface area contributed by atoms with Gasteiger partial charge in [-0.2, -0.15) is 0 Å². The molecule has 0 aromatic rings. The molecule has 4 heteroatoms. The first-order valence-corrected chi connectivity index (χ1v) is 6.14. The molecule has 4 rings (SSSR count). The van der Waals surface area contributed by atoms with Crippen molar-refractivity contribution in [1.82, 2.24) is 5.32 Å². The van der Waals surface area contributed by atoms with Crippen molar-refractivity contribution in [2.24, 2.45) is 17.3 Å². The number of carbonyl (C=O) groups is 3. The maximum absolute atomic E-state index is 12.3. The Morgan fingerprint density at radius 1 is 1.17 bits per heavy atom. The van der Waals surface area contributed by atoms with E-state index in [9.17, 15) is 14.4 Å². The van der Waals surface area contributed by atoms with Crippen LogP contribution < -0.4 is 5.32 Å². The molecule has 1 heterocycles. The summed E-state index contributed by atoms with van der Waals surface area (Å²) in [6, 6.07) is 0. The molecular weight excluding hydrogens is 230 g/mol. The van der Waals surface area contributed by atoms with Crippen molar-refractivity contribution in [3.63, 3.8) is 0 Å². The van der Waals surface area contributed by atoms with Gasteiger partial charge in [0.1, 0.15) is 5.41 Å². The van der Waals surface area contributed by atoms with E-state index in [2.05, 4.69) is 11.4 Å². The van der Waals surface area contributed by atoms with E-state index >= 15 is 0 Å². The van der Waals surface area contributed by atoms with Crippen molar-refractivity contribution in [2.45, 2.75) is 12.8 Å². The molecule has 4 aliphatic rings. The minimum Gasteiger partial charge on any atom is -0.295 e. The van der Waals surface area contributed by atoms with Crippen molar-refractivity contribution in [3.05, 3.63) is 35.5 Å². The van der Waals surface area contributed by atoms with Gasteiger partial charge in [0.25, 0.3) is 0 Å². The lowest BCUT2D eigenvalue weighted by Gasteiger charge is -2.31. The van der Waals surface area contributed by atoms with Gasteiger partial charge in [-0.25, -0.2) is 0 Å². The van der Waals surface area contributed by atoms with E-state index in [4.69, 9.17) is 0 Å². The number of amides is 2. The van der Waals surface area contributed by atoms with E-state index in [0.29, 0.717) is 6.42 Å². The average molecular weight is 241 g/mol. The van der Waals surface area contributed by atoms with Crippen LogP contribution in [0.3, 0.4) is 0 Å². The molecule has 4 nitrogen and oxygen atoms in total. The smallest absolute Gasteiger partial charge is 0.245 e. The van der Waals surface area contributed by atoms with E-state index in [0.717, 1.165) is 17.6 Å². The van der Waals surface area contributed by atoms with Crippen LogP contribution in [0.1, 0.15) is 12.8 Å². The van der Waals surface area contributed by atoms with E-state index in [1.807, 2.05) is 6.08 Å². The molecular formula is C14H11NO3. The summed E-state index contributed by atoms with van der Waals surface area (Å²) in [5, 5.41) is 2.34. The van der Waals surface area contributed by atoms with E-state index in [-0.39, 0.29) is 17.6 Å². The second kappa shape index (κ2) is 2.88. The van der Waals surface area contributed by atoms with Crippen LogP contribution in [0.2, 0.25) is 0 Å². The topological polar surface area (TPSA) is 63.2 Å². The van der Waals surface area contributed by atoms with Gasteiger partial charge in [-0.15, -0.1) is 0 Å². The summed E-state index contributed by atoms with van der Waals surface area (Å²) in [4.78, 5) is 36.4. The van der Waals surface area contributed by atoms with Crippen LogP contribution in [0.15, 0.2) is 35.5 Å². The van der Waals surface area contributed by atoms with Crippen LogP contribution in [-0.2, 0) is 14.4 Å². The minimum atomic E-state index is -1.21. The van der Waals surface area contributed by atoms with Gasteiger partial charge in [0.15, 0.2) is 5.78 Å². The lowest BCUT2D eigenvalue weighted by atomic mass is 9.67. The number of carbonyl (C=O) groups excluding carboxylic acids is 3. The largest absolute Gasteiger partial charge is 0.295 e. The second-order valence-electron chi connectivity index (χ2n) is 5.32. The van der Waals surface area contributed by atoms with E-state index < -0.39 is 17.2 Å². The zero-order valence-electron chi connectivity index (χ0n) is 9.60. The fraction of sp³-hybridized carbons (Fsp3) is 0.357. The number of rotatable bonds is 0. The number of hydrogen-bond donors (Lipinski definition) is 1. The summed E-state index contributed by atoms with van der Waals surface area (Å²) >= 11 is 0. The summed E-state index contributed by atoms with van der Waals surface area (Å²) in [5.41, 5.74) is 0.611. The molecule has 3 unspecified atom stereocenters. The summed E-state index contributed by atoms with van der Waals surface area (Å²) in [7, 11) is 0. The molecule has 1 saturated carbocycles. The van der Waals surface area contributed by atoms with Crippen LogP contribution in [-0.4, -0.2) is 17.6 Å². The van der Waals surface area contributed by atoms with Crippen LogP contribution in [0.25, 0.3) is 0 Å². The molecule has 3 aliphatic carbocycles. The molecule has 2 amide bonds. The zero-order chi connectivity index (χ0) is 12.5. The van der Waals surface area contributed by atoms with Crippen molar-refractivity contribution >= 4 is 17.6 Å². The highest BCUT2D eigenvalue weighted by atomic mass is 16.2. The van der Waals surface area contributed by atoms with Crippen LogP contribution >= 0.6 is 0 Å². The van der Waals surface area contributed by atoms with Gasteiger partial charge in [0.2, 0.25) is 11.8 Å². The third kappa shape index (κ3) is 0.847. The molecule has 1 spiro atoms. The Hall–Kier alpha value is -1.97. The quantitative estimate of drug-likeness (QED) is 0.500. The molecule has 0 aromatic heterocycles. The minimum absolute atomic E-state index is 0.166. The third-order valence-corrected chi connectivity index (χ3v) is 4.62. The molecule has 2 fully saturated rings. The SMILES string of the molecule is O=C1NC(=O)C23C(=O)C=CC4=C2C(CC=C4)CC13. The molecule has 18 heavy (non-hydrogen) atoms. The first-order valence-electron chi connectivity index (χ1n) is 6.14. The monoisotopic (exact) mass is 241 g/mol. The maximum Gasteiger partial charge on any atom is 0.245 e.